The topological polar surface area (TPSA) is 59.4 Å². The zero-order valence-electron chi connectivity index (χ0n) is 14.8. The third kappa shape index (κ3) is 3.86. The number of hydrogen-bond acceptors (Lipinski definition) is 4. The summed E-state index contributed by atoms with van der Waals surface area (Å²) in [6, 6.07) is 7.72. The summed E-state index contributed by atoms with van der Waals surface area (Å²) in [7, 11) is 1.96. The van der Waals surface area contributed by atoms with Gasteiger partial charge in [-0.3, -0.25) is 9.69 Å². The van der Waals surface area contributed by atoms with Gasteiger partial charge in [0.1, 0.15) is 12.4 Å². The van der Waals surface area contributed by atoms with Crippen LogP contribution in [0.25, 0.3) is 0 Å². The van der Waals surface area contributed by atoms with E-state index in [1.807, 2.05) is 35.9 Å². The normalized spacial score (nSPS) is 19.8. The molecule has 1 saturated carbocycles. The number of aromatic nitrogens is 2. The minimum atomic E-state index is -0.178. The molecule has 1 aromatic carbocycles. The SMILES string of the molecule is Cn1cnc2c1C(C(=O)NC1CC1)CN(CCOc1ccc(Cl)cc1)C2. The quantitative estimate of drug-likeness (QED) is 0.843. The highest BCUT2D eigenvalue weighted by molar-refractivity contribution is 6.30. The largest absolute Gasteiger partial charge is 0.492 e. The molecule has 26 heavy (non-hydrogen) atoms. The zero-order chi connectivity index (χ0) is 18.1. The molecule has 138 valence electrons. The summed E-state index contributed by atoms with van der Waals surface area (Å²) < 4.78 is 7.78. The molecule has 0 saturated heterocycles. The summed E-state index contributed by atoms with van der Waals surface area (Å²) in [5.74, 6) is 0.732. The number of halogens is 1. The molecular weight excluding hydrogens is 352 g/mol. The average molecular weight is 375 g/mol. The van der Waals surface area contributed by atoms with Crippen LogP contribution >= 0.6 is 11.6 Å². The number of amides is 1. The summed E-state index contributed by atoms with van der Waals surface area (Å²) in [5.41, 5.74) is 2.03. The lowest BCUT2D eigenvalue weighted by Crippen LogP contribution is -2.43. The van der Waals surface area contributed by atoms with Crippen LogP contribution in [0.2, 0.25) is 5.02 Å². The number of nitrogens with zero attached hydrogens (tertiary/aromatic N) is 3. The van der Waals surface area contributed by atoms with E-state index in [1.54, 1.807) is 6.33 Å². The van der Waals surface area contributed by atoms with Crippen molar-refractivity contribution in [1.29, 1.82) is 0 Å². The number of ether oxygens (including phenoxy) is 1. The Morgan fingerprint density at radius 1 is 1.35 bits per heavy atom. The van der Waals surface area contributed by atoms with E-state index < -0.39 is 0 Å². The molecule has 1 aliphatic heterocycles. The zero-order valence-corrected chi connectivity index (χ0v) is 15.6. The van der Waals surface area contributed by atoms with Gasteiger partial charge in [0, 0.05) is 37.7 Å². The molecule has 1 aliphatic carbocycles. The van der Waals surface area contributed by atoms with Crippen molar-refractivity contribution >= 4 is 17.5 Å². The summed E-state index contributed by atoms with van der Waals surface area (Å²) in [6.45, 7) is 2.73. The lowest BCUT2D eigenvalue weighted by Gasteiger charge is -2.32. The monoisotopic (exact) mass is 374 g/mol. The van der Waals surface area contributed by atoms with Crippen LogP contribution in [0.3, 0.4) is 0 Å². The average Bonchev–Trinajstić information content (AvgIpc) is 3.37. The van der Waals surface area contributed by atoms with Gasteiger partial charge in [-0.2, -0.15) is 0 Å². The van der Waals surface area contributed by atoms with Crippen LogP contribution in [0.15, 0.2) is 30.6 Å². The van der Waals surface area contributed by atoms with E-state index in [0.717, 1.165) is 43.1 Å². The van der Waals surface area contributed by atoms with E-state index in [4.69, 9.17) is 16.3 Å². The predicted octanol–water partition coefficient (Wildman–Crippen LogP) is 2.33. The Morgan fingerprint density at radius 3 is 2.85 bits per heavy atom. The fraction of sp³-hybridized carbons (Fsp3) is 0.474. The second-order valence-corrected chi connectivity index (χ2v) is 7.50. The van der Waals surface area contributed by atoms with Crippen molar-refractivity contribution in [1.82, 2.24) is 19.8 Å². The molecule has 1 aromatic heterocycles. The number of carbonyl (C=O) groups excluding carboxylic acids is 1. The number of hydrogen-bond donors (Lipinski definition) is 1. The van der Waals surface area contributed by atoms with Crippen molar-refractivity contribution in [2.24, 2.45) is 7.05 Å². The lowest BCUT2D eigenvalue weighted by molar-refractivity contribution is -0.123. The number of imidazole rings is 1. The molecule has 1 fully saturated rings. The van der Waals surface area contributed by atoms with E-state index in [2.05, 4.69) is 15.2 Å². The third-order valence-electron chi connectivity index (χ3n) is 4.94. The predicted molar refractivity (Wildman–Crippen MR) is 99.3 cm³/mol. The Morgan fingerprint density at radius 2 is 2.12 bits per heavy atom. The van der Waals surface area contributed by atoms with Gasteiger partial charge in [0.05, 0.1) is 23.6 Å². The van der Waals surface area contributed by atoms with Gasteiger partial charge in [0.25, 0.3) is 0 Å². The van der Waals surface area contributed by atoms with Gasteiger partial charge in [-0.1, -0.05) is 11.6 Å². The van der Waals surface area contributed by atoms with Crippen LogP contribution < -0.4 is 10.1 Å². The molecule has 2 aliphatic rings. The molecule has 7 heteroatoms. The van der Waals surface area contributed by atoms with Gasteiger partial charge >= 0.3 is 0 Å². The molecule has 0 spiro atoms. The number of fused-ring (bicyclic) bond motifs is 1. The smallest absolute Gasteiger partial charge is 0.230 e. The highest BCUT2D eigenvalue weighted by Crippen LogP contribution is 2.29. The molecule has 4 rings (SSSR count). The first kappa shape index (κ1) is 17.4. The van der Waals surface area contributed by atoms with Gasteiger partial charge in [-0.25, -0.2) is 4.98 Å². The van der Waals surface area contributed by atoms with Crippen molar-refractivity contribution < 1.29 is 9.53 Å². The number of carbonyl (C=O) groups is 1. The second-order valence-electron chi connectivity index (χ2n) is 7.06. The maximum absolute atomic E-state index is 12.7. The molecule has 1 N–H and O–H groups in total. The number of rotatable bonds is 6. The lowest BCUT2D eigenvalue weighted by atomic mass is 9.97. The number of aryl methyl sites for hydroxylation is 1. The first-order valence-corrected chi connectivity index (χ1v) is 9.39. The Hall–Kier alpha value is -2.05. The van der Waals surface area contributed by atoms with E-state index in [1.165, 1.54) is 0 Å². The van der Waals surface area contributed by atoms with Crippen LogP contribution in [0.4, 0.5) is 0 Å². The number of benzene rings is 1. The second kappa shape index (κ2) is 7.29. The van der Waals surface area contributed by atoms with E-state index >= 15 is 0 Å². The fourth-order valence-corrected chi connectivity index (χ4v) is 3.53. The van der Waals surface area contributed by atoms with Crippen molar-refractivity contribution in [3.05, 3.63) is 47.0 Å². The van der Waals surface area contributed by atoms with Crippen molar-refractivity contribution in [3.63, 3.8) is 0 Å². The molecule has 1 amide bonds. The maximum Gasteiger partial charge on any atom is 0.230 e. The first-order chi connectivity index (χ1) is 12.6. The van der Waals surface area contributed by atoms with E-state index in [0.29, 0.717) is 24.2 Å². The van der Waals surface area contributed by atoms with Gasteiger partial charge in [0.15, 0.2) is 0 Å². The summed E-state index contributed by atoms with van der Waals surface area (Å²) >= 11 is 5.89. The van der Waals surface area contributed by atoms with Crippen molar-refractivity contribution in [3.8, 4) is 5.75 Å². The minimum Gasteiger partial charge on any atom is -0.492 e. The molecule has 0 radical (unpaired) electrons. The highest BCUT2D eigenvalue weighted by atomic mass is 35.5. The number of nitrogens with one attached hydrogen (secondary N) is 1. The molecule has 1 unspecified atom stereocenters. The van der Waals surface area contributed by atoms with Crippen LogP contribution in [0.5, 0.6) is 5.75 Å². The van der Waals surface area contributed by atoms with Crippen LogP contribution in [0.1, 0.15) is 30.1 Å². The Balaban J connectivity index is 1.39. The van der Waals surface area contributed by atoms with Crippen molar-refractivity contribution in [2.75, 3.05) is 19.7 Å². The third-order valence-corrected chi connectivity index (χ3v) is 5.19. The molecule has 0 bridgehead atoms. The fourth-order valence-electron chi connectivity index (χ4n) is 3.41. The standard InChI is InChI=1S/C19H23ClN4O2/c1-23-12-21-17-11-24(8-9-26-15-6-2-13(20)3-7-15)10-16(18(17)23)19(25)22-14-4-5-14/h2-3,6-7,12,14,16H,4-5,8-11H2,1H3,(H,22,25). The summed E-state index contributed by atoms with van der Waals surface area (Å²) in [5, 5.41) is 3.83. The van der Waals surface area contributed by atoms with Crippen LogP contribution in [-0.2, 0) is 18.4 Å². The molecule has 2 aromatic rings. The summed E-state index contributed by atoms with van der Waals surface area (Å²) in [6.07, 6.45) is 3.99. The van der Waals surface area contributed by atoms with Gasteiger partial charge < -0.3 is 14.6 Å². The molecule has 2 heterocycles. The molecular formula is C19H23ClN4O2. The van der Waals surface area contributed by atoms with E-state index in [9.17, 15) is 4.79 Å². The molecule has 1 atom stereocenters. The summed E-state index contributed by atoms with van der Waals surface area (Å²) in [4.78, 5) is 19.4. The van der Waals surface area contributed by atoms with E-state index in [-0.39, 0.29) is 11.8 Å². The highest BCUT2D eigenvalue weighted by Gasteiger charge is 2.36. The van der Waals surface area contributed by atoms with Gasteiger partial charge in [-0.15, -0.1) is 0 Å². The van der Waals surface area contributed by atoms with Gasteiger partial charge in [-0.05, 0) is 37.1 Å². The van der Waals surface area contributed by atoms with Gasteiger partial charge in [0.2, 0.25) is 5.91 Å². The Bertz CT molecular complexity index is 785. The first-order valence-electron chi connectivity index (χ1n) is 9.01. The molecule has 6 nitrogen and oxygen atoms in total. The Labute approximate surface area is 158 Å². The minimum absolute atomic E-state index is 0.112. The van der Waals surface area contributed by atoms with Crippen molar-refractivity contribution in [2.45, 2.75) is 31.3 Å². The maximum atomic E-state index is 12.7. The Kier molecular flexibility index (Phi) is 4.87. The van der Waals surface area contributed by atoms with Crippen LogP contribution in [0, 0.1) is 0 Å². The van der Waals surface area contributed by atoms with Crippen LogP contribution in [-0.4, -0.2) is 46.1 Å².